The molecule has 0 amide bonds. The van der Waals surface area contributed by atoms with Crippen LogP contribution >= 0.6 is 0 Å². The van der Waals surface area contributed by atoms with E-state index in [-0.39, 0.29) is 16.5 Å². The fourth-order valence-electron chi connectivity index (χ4n) is 5.70. The Morgan fingerprint density at radius 1 is 0.949 bits per heavy atom. The number of hydrogen-bond acceptors (Lipinski definition) is 7. The Hall–Kier alpha value is -3.37. The van der Waals surface area contributed by atoms with E-state index in [4.69, 9.17) is 0 Å². The molecule has 10 heteroatoms. The number of anilines is 3. The molecule has 2 aliphatic rings. The zero-order valence-electron chi connectivity index (χ0n) is 22.8. The Morgan fingerprint density at radius 3 is 2.38 bits per heavy atom. The fourth-order valence-corrected chi connectivity index (χ4v) is 6.18. The van der Waals surface area contributed by atoms with Crippen LogP contribution in [0.15, 0.2) is 59.2 Å². The molecule has 0 bridgehead atoms. The summed E-state index contributed by atoms with van der Waals surface area (Å²) >= 11 is 0. The summed E-state index contributed by atoms with van der Waals surface area (Å²) in [6.45, 7) is 4.67. The maximum atomic E-state index is 14.7. The first-order valence-electron chi connectivity index (χ1n) is 13.5. The second-order valence-electron chi connectivity index (χ2n) is 11.0. The number of benzene rings is 1. The van der Waals surface area contributed by atoms with Crippen LogP contribution in [0.25, 0.3) is 16.9 Å². The van der Waals surface area contributed by atoms with Gasteiger partial charge in [0.1, 0.15) is 5.82 Å². The molecule has 0 atom stereocenters. The Labute approximate surface area is 231 Å². The number of pyridine rings is 1. The van der Waals surface area contributed by atoms with Gasteiger partial charge in [0, 0.05) is 36.9 Å². The summed E-state index contributed by atoms with van der Waals surface area (Å²) in [7, 11) is 2.09. The highest BCUT2D eigenvalue weighted by atomic mass is 32.2. The van der Waals surface area contributed by atoms with Crippen molar-refractivity contribution in [3.8, 4) is 5.82 Å². The zero-order valence-corrected chi connectivity index (χ0v) is 23.6. The molecule has 0 aliphatic carbocycles. The van der Waals surface area contributed by atoms with Gasteiger partial charge in [0.25, 0.3) is 0 Å². The molecule has 0 unspecified atom stereocenters. The summed E-state index contributed by atoms with van der Waals surface area (Å²) in [5, 5.41) is 3.63. The molecule has 204 valence electrons. The second kappa shape index (κ2) is 10.7. The molecule has 2 saturated heterocycles. The van der Waals surface area contributed by atoms with Gasteiger partial charge in [-0.05, 0) is 100 Å². The van der Waals surface area contributed by atoms with Crippen LogP contribution in [0, 0.1) is 11.2 Å². The van der Waals surface area contributed by atoms with Crippen LogP contribution < -0.4 is 10.2 Å². The molecule has 0 radical (unpaired) electrons. The third-order valence-electron chi connectivity index (χ3n) is 8.10. The average molecular weight is 547 g/mol. The molecule has 4 aromatic rings. The Balaban J connectivity index is 1.17. The van der Waals surface area contributed by atoms with Crippen molar-refractivity contribution in [1.82, 2.24) is 24.4 Å². The summed E-state index contributed by atoms with van der Waals surface area (Å²) < 4.78 is 20.9. The first-order valence-corrected chi connectivity index (χ1v) is 15.5. The summed E-state index contributed by atoms with van der Waals surface area (Å²) in [6.07, 6.45) is 12.2. The molecule has 2 aliphatic heterocycles. The molecule has 8 nitrogen and oxygen atoms in total. The van der Waals surface area contributed by atoms with Gasteiger partial charge in [-0.15, -0.1) is 0 Å². The van der Waals surface area contributed by atoms with Crippen molar-refractivity contribution in [2.45, 2.75) is 25.7 Å². The van der Waals surface area contributed by atoms with Gasteiger partial charge >= 0.3 is 0 Å². The van der Waals surface area contributed by atoms with E-state index in [2.05, 4.69) is 65.7 Å². The van der Waals surface area contributed by atoms with E-state index in [9.17, 15) is 4.39 Å². The molecule has 1 aromatic carbocycles. The van der Waals surface area contributed by atoms with E-state index in [0.29, 0.717) is 34.0 Å². The number of nitrogens with one attached hydrogen (secondary N) is 1. The smallest absolute Gasteiger partial charge is 0.229 e. The van der Waals surface area contributed by atoms with Crippen molar-refractivity contribution >= 4 is 44.9 Å². The van der Waals surface area contributed by atoms with Gasteiger partial charge in [0.05, 0.1) is 5.39 Å². The molecule has 39 heavy (non-hydrogen) atoms. The number of rotatable bonds is 5. The van der Waals surface area contributed by atoms with Crippen molar-refractivity contribution in [3.05, 3.63) is 60.7 Å². The van der Waals surface area contributed by atoms with Crippen molar-refractivity contribution in [2.75, 3.05) is 56.0 Å². The van der Waals surface area contributed by atoms with Crippen LogP contribution in [0.2, 0.25) is 0 Å². The van der Waals surface area contributed by atoms with E-state index in [1.54, 1.807) is 4.57 Å². The maximum absolute atomic E-state index is 14.7. The molecule has 1 spiro atoms. The number of piperidine rings is 2. The monoisotopic (exact) mass is 546 g/mol. The molecular weight excluding hydrogens is 511 g/mol. The van der Waals surface area contributed by atoms with E-state index in [1.165, 1.54) is 56.9 Å². The lowest BCUT2D eigenvalue weighted by Gasteiger charge is -2.46. The van der Waals surface area contributed by atoms with Gasteiger partial charge in [-0.1, -0.05) is 16.8 Å². The first kappa shape index (κ1) is 25.9. The van der Waals surface area contributed by atoms with Gasteiger partial charge in [-0.25, -0.2) is 18.7 Å². The lowest BCUT2D eigenvalue weighted by molar-refractivity contribution is 0.0945. The lowest BCUT2D eigenvalue weighted by atomic mass is 9.71. The molecule has 1 N–H and O–H groups in total. The Morgan fingerprint density at radius 2 is 1.67 bits per heavy atom. The highest BCUT2D eigenvalue weighted by Crippen LogP contribution is 2.42. The summed E-state index contributed by atoms with van der Waals surface area (Å²) in [5.74, 6) is 1.19. The Kier molecular flexibility index (Phi) is 7.07. The Bertz CT molecular complexity index is 1490. The van der Waals surface area contributed by atoms with Crippen LogP contribution in [0.5, 0.6) is 0 Å². The van der Waals surface area contributed by atoms with E-state index in [1.807, 2.05) is 30.7 Å². The van der Waals surface area contributed by atoms with Crippen LogP contribution in [0.3, 0.4) is 0 Å². The maximum Gasteiger partial charge on any atom is 0.229 e. The molecular formula is C29H35FN8S. The van der Waals surface area contributed by atoms with Crippen molar-refractivity contribution < 1.29 is 4.39 Å². The SMILES string of the molecule is CN1CCC2(CC1)CCN(c1ccc(Nc3ncc4c(F)cn(-c5cccc(N=S(C)C)n5)c4n3)cc1)CC2. The third kappa shape index (κ3) is 5.53. The minimum absolute atomic E-state index is 0.148. The second-order valence-corrected chi connectivity index (χ2v) is 12.7. The third-order valence-corrected chi connectivity index (χ3v) is 8.65. The summed E-state index contributed by atoms with van der Waals surface area (Å²) in [6, 6.07) is 14.0. The largest absolute Gasteiger partial charge is 0.371 e. The zero-order chi connectivity index (χ0) is 27.0. The molecule has 0 saturated carbocycles. The molecule has 2 fully saturated rings. The van der Waals surface area contributed by atoms with Crippen LogP contribution in [0.4, 0.5) is 27.5 Å². The predicted molar refractivity (Wildman–Crippen MR) is 158 cm³/mol. The highest BCUT2D eigenvalue weighted by Gasteiger charge is 2.36. The van der Waals surface area contributed by atoms with Gasteiger partial charge in [-0.2, -0.15) is 4.98 Å². The van der Waals surface area contributed by atoms with E-state index >= 15 is 0 Å². The van der Waals surface area contributed by atoms with Crippen molar-refractivity contribution in [2.24, 2.45) is 9.78 Å². The number of halogens is 1. The minimum Gasteiger partial charge on any atom is -0.371 e. The van der Waals surface area contributed by atoms with Gasteiger partial charge in [-0.3, -0.25) is 4.57 Å². The lowest BCUT2D eigenvalue weighted by Crippen LogP contribution is -2.46. The number of aromatic nitrogens is 4. The molecule has 6 rings (SSSR count). The van der Waals surface area contributed by atoms with E-state index < -0.39 is 0 Å². The van der Waals surface area contributed by atoms with Crippen LogP contribution in [-0.2, 0) is 10.7 Å². The number of likely N-dealkylation sites (tertiary alicyclic amines) is 1. The number of hydrogen-bond donors (Lipinski definition) is 1. The summed E-state index contributed by atoms with van der Waals surface area (Å²) in [5.41, 5.74) is 3.12. The van der Waals surface area contributed by atoms with Crippen LogP contribution in [0.1, 0.15) is 25.7 Å². The fraction of sp³-hybridized carbons (Fsp3) is 0.414. The molecule has 5 heterocycles. The predicted octanol–water partition coefficient (Wildman–Crippen LogP) is 5.70. The number of nitrogens with zero attached hydrogens (tertiary/aromatic N) is 7. The topological polar surface area (TPSA) is 74.5 Å². The normalized spacial score (nSPS) is 17.7. The van der Waals surface area contributed by atoms with Crippen molar-refractivity contribution in [3.63, 3.8) is 0 Å². The number of fused-ring (bicyclic) bond motifs is 1. The van der Waals surface area contributed by atoms with Crippen LogP contribution in [-0.4, -0.2) is 70.2 Å². The van der Waals surface area contributed by atoms with Crippen molar-refractivity contribution in [1.29, 1.82) is 0 Å². The molecule has 3 aromatic heterocycles. The van der Waals surface area contributed by atoms with Gasteiger partial charge in [0.2, 0.25) is 5.95 Å². The van der Waals surface area contributed by atoms with E-state index in [0.717, 1.165) is 18.8 Å². The van der Waals surface area contributed by atoms with Gasteiger partial charge in [0.15, 0.2) is 17.3 Å². The highest BCUT2D eigenvalue weighted by molar-refractivity contribution is 7.85. The quantitative estimate of drug-likeness (QED) is 0.346. The van der Waals surface area contributed by atoms with Gasteiger partial charge < -0.3 is 15.1 Å². The summed E-state index contributed by atoms with van der Waals surface area (Å²) in [4.78, 5) is 18.6. The average Bonchev–Trinajstić information content (AvgIpc) is 3.27. The minimum atomic E-state index is -0.390. The standard InChI is InChI=1S/C29H35FN8S/c1-36-15-11-29(12-16-36)13-17-37(18-14-29)22-9-7-21(8-10-22)32-28-31-19-23-24(30)20-38(27(23)34-28)26-6-4-5-25(33-26)35-39(2)3/h4-10,19-20H,11-18H2,1-3H3,(H,31,32,34). The first-order chi connectivity index (χ1) is 18.9.